The molecule has 3 nitrogen and oxygen atoms in total. The average Bonchev–Trinajstić information content (AvgIpc) is 2.92. The van der Waals surface area contributed by atoms with Crippen molar-refractivity contribution < 1.29 is 8.42 Å². The van der Waals surface area contributed by atoms with Crippen molar-refractivity contribution in [3.05, 3.63) is 70.1 Å². The van der Waals surface area contributed by atoms with Crippen LogP contribution in [0.15, 0.2) is 53.4 Å². The minimum absolute atomic E-state index is 0.234. The molecule has 1 aliphatic heterocycles. The molecule has 0 radical (unpaired) electrons. The number of para-hydroxylation sites is 1. The standard InChI is InChI=1S/C19H19NO2S/c1-14-13-20(19-9-5-4-8-18(14)19)23(21,22)17-11-10-15-6-2-3-7-16(15)12-17/h2-9,12,14H,10-11,13H2,1H3/t14-/m1/s1. The third-order valence-corrected chi connectivity index (χ3v) is 6.72. The van der Waals surface area contributed by atoms with Crippen molar-refractivity contribution in [2.75, 3.05) is 10.8 Å². The van der Waals surface area contributed by atoms with Gasteiger partial charge < -0.3 is 0 Å². The first-order chi connectivity index (χ1) is 11.1. The molecule has 0 unspecified atom stereocenters. The predicted molar refractivity (Wildman–Crippen MR) is 93.9 cm³/mol. The van der Waals surface area contributed by atoms with Crippen molar-refractivity contribution in [3.8, 4) is 0 Å². The molecule has 0 spiro atoms. The summed E-state index contributed by atoms with van der Waals surface area (Å²) in [6.45, 7) is 2.61. The van der Waals surface area contributed by atoms with Crippen LogP contribution in [0.3, 0.4) is 0 Å². The number of anilines is 1. The van der Waals surface area contributed by atoms with Gasteiger partial charge in [0.2, 0.25) is 0 Å². The van der Waals surface area contributed by atoms with E-state index in [1.165, 1.54) is 5.56 Å². The molecule has 2 aromatic rings. The van der Waals surface area contributed by atoms with E-state index in [2.05, 4.69) is 13.0 Å². The van der Waals surface area contributed by atoms with E-state index in [4.69, 9.17) is 0 Å². The minimum Gasteiger partial charge on any atom is -0.266 e. The summed E-state index contributed by atoms with van der Waals surface area (Å²) >= 11 is 0. The fourth-order valence-electron chi connectivity index (χ4n) is 3.56. The Morgan fingerprint density at radius 3 is 2.61 bits per heavy atom. The Balaban J connectivity index is 1.77. The van der Waals surface area contributed by atoms with E-state index in [-0.39, 0.29) is 5.92 Å². The Morgan fingerprint density at radius 1 is 1.00 bits per heavy atom. The highest BCUT2D eigenvalue weighted by Gasteiger charge is 2.36. The van der Waals surface area contributed by atoms with Crippen molar-refractivity contribution in [3.63, 3.8) is 0 Å². The van der Waals surface area contributed by atoms with Gasteiger partial charge in [0, 0.05) is 12.5 Å². The molecular weight excluding hydrogens is 306 g/mol. The van der Waals surface area contributed by atoms with E-state index in [1.807, 2.05) is 48.5 Å². The topological polar surface area (TPSA) is 37.4 Å². The fourth-order valence-corrected chi connectivity index (χ4v) is 5.32. The molecule has 0 fully saturated rings. The highest BCUT2D eigenvalue weighted by atomic mass is 32.2. The average molecular weight is 325 g/mol. The van der Waals surface area contributed by atoms with E-state index in [0.717, 1.165) is 23.2 Å². The van der Waals surface area contributed by atoms with Gasteiger partial charge in [-0.1, -0.05) is 49.4 Å². The Hall–Kier alpha value is -2.07. The maximum absolute atomic E-state index is 13.2. The lowest BCUT2D eigenvalue weighted by Crippen LogP contribution is -2.31. The summed E-state index contributed by atoms with van der Waals surface area (Å²) in [5, 5.41) is 0. The van der Waals surface area contributed by atoms with Crippen LogP contribution in [-0.4, -0.2) is 15.0 Å². The second kappa shape index (κ2) is 5.24. The van der Waals surface area contributed by atoms with Crippen LogP contribution < -0.4 is 4.31 Å². The Bertz CT molecular complexity index is 899. The molecule has 118 valence electrons. The first-order valence-electron chi connectivity index (χ1n) is 7.97. The van der Waals surface area contributed by atoms with Gasteiger partial charge in [-0.3, -0.25) is 4.31 Å². The van der Waals surface area contributed by atoms with Gasteiger partial charge >= 0.3 is 0 Å². The van der Waals surface area contributed by atoms with Gasteiger partial charge in [0.15, 0.2) is 0 Å². The molecule has 1 heterocycles. The van der Waals surface area contributed by atoms with Gasteiger partial charge in [-0.05, 0) is 41.7 Å². The summed E-state index contributed by atoms with van der Waals surface area (Å²) in [4.78, 5) is 0.528. The zero-order valence-corrected chi connectivity index (χ0v) is 13.9. The van der Waals surface area contributed by atoms with Crippen molar-refractivity contribution in [2.24, 2.45) is 0 Å². The third kappa shape index (κ3) is 2.29. The van der Waals surface area contributed by atoms with Gasteiger partial charge in [0.1, 0.15) is 0 Å². The number of benzene rings is 2. The molecule has 1 aliphatic carbocycles. The molecule has 0 saturated heterocycles. The smallest absolute Gasteiger partial charge is 0.260 e. The lowest BCUT2D eigenvalue weighted by Gasteiger charge is -2.24. The highest BCUT2D eigenvalue weighted by molar-refractivity contribution is 7.96. The van der Waals surface area contributed by atoms with Crippen LogP contribution in [0.2, 0.25) is 0 Å². The molecule has 0 amide bonds. The summed E-state index contributed by atoms with van der Waals surface area (Å²) in [6, 6.07) is 15.8. The highest BCUT2D eigenvalue weighted by Crippen LogP contribution is 2.40. The SMILES string of the molecule is C[C@@H]1CN(S(=O)(=O)C2=Cc3ccccc3CC2)c2ccccc21. The van der Waals surface area contributed by atoms with E-state index in [0.29, 0.717) is 17.9 Å². The number of rotatable bonds is 2. The van der Waals surface area contributed by atoms with Crippen LogP contribution in [-0.2, 0) is 16.4 Å². The quantitative estimate of drug-likeness (QED) is 0.839. The van der Waals surface area contributed by atoms with Gasteiger partial charge in [-0.2, -0.15) is 0 Å². The number of sulfonamides is 1. The number of fused-ring (bicyclic) bond motifs is 2. The summed E-state index contributed by atoms with van der Waals surface area (Å²) in [6.07, 6.45) is 3.21. The zero-order valence-electron chi connectivity index (χ0n) is 13.1. The largest absolute Gasteiger partial charge is 0.266 e. The van der Waals surface area contributed by atoms with E-state index >= 15 is 0 Å². The fraction of sp³-hybridized carbons (Fsp3) is 0.263. The molecule has 0 bridgehead atoms. The summed E-state index contributed by atoms with van der Waals surface area (Å²) in [5.41, 5.74) is 4.20. The Kier molecular flexibility index (Phi) is 3.31. The summed E-state index contributed by atoms with van der Waals surface area (Å²) < 4.78 is 27.9. The van der Waals surface area contributed by atoms with Crippen molar-refractivity contribution >= 4 is 21.8 Å². The monoisotopic (exact) mass is 325 g/mol. The number of aryl methyl sites for hydroxylation is 1. The lowest BCUT2D eigenvalue weighted by atomic mass is 9.98. The van der Waals surface area contributed by atoms with Gasteiger partial charge in [0.05, 0.1) is 10.6 Å². The molecule has 23 heavy (non-hydrogen) atoms. The van der Waals surface area contributed by atoms with Crippen LogP contribution in [0.1, 0.15) is 36.0 Å². The van der Waals surface area contributed by atoms with Crippen molar-refractivity contribution in [1.82, 2.24) is 0 Å². The van der Waals surface area contributed by atoms with Crippen molar-refractivity contribution in [2.45, 2.75) is 25.7 Å². The van der Waals surface area contributed by atoms with Crippen molar-refractivity contribution in [1.29, 1.82) is 0 Å². The molecule has 4 heteroatoms. The maximum atomic E-state index is 13.2. The van der Waals surface area contributed by atoms with Crippen LogP contribution in [0.5, 0.6) is 0 Å². The molecule has 0 N–H and O–H groups in total. The summed E-state index contributed by atoms with van der Waals surface area (Å²) in [5.74, 6) is 0.234. The molecule has 4 rings (SSSR count). The van der Waals surface area contributed by atoms with Crippen LogP contribution >= 0.6 is 0 Å². The van der Waals surface area contributed by atoms with Crippen LogP contribution in [0, 0.1) is 0 Å². The Morgan fingerprint density at radius 2 is 1.74 bits per heavy atom. The molecular formula is C19H19NO2S. The number of allylic oxidation sites excluding steroid dienone is 1. The number of nitrogens with zero attached hydrogens (tertiary/aromatic N) is 1. The number of hydrogen-bond acceptors (Lipinski definition) is 2. The second-order valence-electron chi connectivity index (χ2n) is 6.31. The van der Waals surface area contributed by atoms with Gasteiger partial charge in [0.25, 0.3) is 10.0 Å². The first kappa shape index (κ1) is 14.5. The summed E-state index contributed by atoms with van der Waals surface area (Å²) in [7, 11) is -3.46. The molecule has 1 atom stereocenters. The first-order valence-corrected chi connectivity index (χ1v) is 9.41. The zero-order chi connectivity index (χ0) is 16.0. The predicted octanol–water partition coefficient (Wildman–Crippen LogP) is 3.93. The maximum Gasteiger partial charge on any atom is 0.260 e. The Labute approximate surface area is 137 Å². The normalized spacial score (nSPS) is 20.0. The lowest BCUT2D eigenvalue weighted by molar-refractivity contribution is 0.594. The number of hydrogen-bond donors (Lipinski definition) is 0. The molecule has 2 aliphatic rings. The van der Waals surface area contributed by atoms with E-state index < -0.39 is 10.0 Å². The molecule has 0 aromatic heterocycles. The van der Waals surface area contributed by atoms with E-state index in [1.54, 1.807) is 4.31 Å². The second-order valence-corrected chi connectivity index (χ2v) is 8.22. The molecule has 2 aromatic carbocycles. The van der Waals surface area contributed by atoms with Crippen LogP contribution in [0.25, 0.3) is 6.08 Å². The third-order valence-electron chi connectivity index (χ3n) is 4.81. The van der Waals surface area contributed by atoms with E-state index in [9.17, 15) is 8.42 Å². The van der Waals surface area contributed by atoms with Crippen LogP contribution in [0.4, 0.5) is 5.69 Å². The van der Waals surface area contributed by atoms with Gasteiger partial charge in [-0.25, -0.2) is 8.42 Å². The van der Waals surface area contributed by atoms with Gasteiger partial charge in [-0.15, -0.1) is 0 Å². The molecule has 0 saturated carbocycles. The minimum atomic E-state index is -3.46.